The van der Waals surface area contributed by atoms with Crippen LogP contribution in [0, 0.1) is 0 Å². The minimum Gasteiger partial charge on any atom is -0.507 e. The van der Waals surface area contributed by atoms with Crippen molar-refractivity contribution in [3.8, 4) is 11.5 Å². The van der Waals surface area contributed by atoms with Gasteiger partial charge in [0.1, 0.15) is 17.3 Å². The van der Waals surface area contributed by atoms with Crippen molar-refractivity contribution in [3.05, 3.63) is 84.0 Å². The third-order valence-corrected chi connectivity index (χ3v) is 5.98. The Morgan fingerprint density at radius 2 is 1.51 bits per heavy atom. The second kappa shape index (κ2) is 11.3. The van der Waals surface area contributed by atoms with E-state index in [9.17, 15) is 14.7 Å². The van der Waals surface area contributed by atoms with E-state index in [1.54, 1.807) is 41.7 Å². The second-order valence-electron chi connectivity index (χ2n) is 9.57. The van der Waals surface area contributed by atoms with E-state index in [-0.39, 0.29) is 23.5 Å². The summed E-state index contributed by atoms with van der Waals surface area (Å²) in [6, 6.07) is 13.5. The van der Waals surface area contributed by atoms with Crippen molar-refractivity contribution in [2.75, 3.05) is 6.54 Å². The second-order valence-corrected chi connectivity index (χ2v) is 9.57. The first-order valence-electron chi connectivity index (χ1n) is 12.5. The molecule has 1 aliphatic heterocycles. The largest absolute Gasteiger partial charge is 0.507 e. The standard InChI is InChI=1S/C29H33N3O5/c1-19(2)36-23-10-6-21(7-11-23)26-25(27(33)22-8-12-24(13-9-22)37-20(3)4)28(34)29(35)32(26)16-5-15-31-17-14-30-18-31/h6-14,17-20,26,33H,5,15-16H2,1-4H3/b27-25+. The SMILES string of the molecule is CC(C)Oc1ccc(/C(O)=C2\C(=O)C(=O)N(CCCn3ccnc3)C2c2ccc(OC(C)C)cc2)cc1. The van der Waals surface area contributed by atoms with E-state index in [1.165, 1.54) is 0 Å². The summed E-state index contributed by atoms with van der Waals surface area (Å²) in [6.45, 7) is 8.74. The molecular weight excluding hydrogens is 470 g/mol. The maximum atomic E-state index is 13.3. The molecular formula is C29H33N3O5. The van der Waals surface area contributed by atoms with E-state index in [0.29, 0.717) is 36.6 Å². The highest BCUT2D eigenvalue weighted by Gasteiger charge is 2.45. The van der Waals surface area contributed by atoms with Gasteiger partial charge >= 0.3 is 0 Å². The summed E-state index contributed by atoms with van der Waals surface area (Å²) >= 11 is 0. The first kappa shape index (κ1) is 26.0. The van der Waals surface area contributed by atoms with Crippen molar-refractivity contribution < 1.29 is 24.2 Å². The van der Waals surface area contributed by atoms with Crippen molar-refractivity contribution in [1.29, 1.82) is 0 Å². The summed E-state index contributed by atoms with van der Waals surface area (Å²) in [5.41, 5.74) is 1.24. The zero-order valence-electron chi connectivity index (χ0n) is 21.6. The van der Waals surface area contributed by atoms with Crippen molar-refractivity contribution in [2.45, 2.75) is 58.9 Å². The molecule has 0 spiro atoms. The van der Waals surface area contributed by atoms with Crippen LogP contribution >= 0.6 is 0 Å². The lowest BCUT2D eigenvalue weighted by molar-refractivity contribution is -0.139. The fraction of sp³-hybridized carbons (Fsp3) is 0.345. The third-order valence-electron chi connectivity index (χ3n) is 5.98. The number of carbonyl (C=O) groups is 2. The highest BCUT2D eigenvalue weighted by atomic mass is 16.5. The monoisotopic (exact) mass is 503 g/mol. The van der Waals surface area contributed by atoms with Crippen LogP contribution < -0.4 is 9.47 Å². The lowest BCUT2D eigenvalue weighted by atomic mass is 9.95. The molecule has 194 valence electrons. The maximum Gasteiger partial charge on any atom is 0.295 e. The van der Waals surface area contributed by atoms with Crippen molar-refractivity contribution >= 4 is 17.4 Å². The average molecular weight is 504 g/mol. The molecule has 37 heavy (non-hydrogen) atoms. The number of ketones is 1. The van der Waals surface area contributed by atoms with Gasteiger partial charge in [-0.25, -0.2) is 4.98 Å². The van der Waals surface area contributed by atoms with Crippen LogP contribution in [-0.4, -0.2) is 50.0 Å². The molecule has 8 nitrogen and oxygen atoms in total. The molecule has 1 aromatic heterocycles. The van der Waals surface area contributed by atoms with Gasteiger partial charge in [0, 0.05) is 31.0 Å². The number of ether oxygens (including phenoxy) is 2. The van der Waals surface area contributed by atoms with Crippen LogP contribution in [0.5, 0.6) is 11.5 Å². The number of aryl methyl sites for hydroxylation is 1. The predicted molar refractivity (Wildman–Crippen MR) is 140 cm³/mol. The molecule has 1 atom stereocenters. The zero-order valence-corrected chi connectivity index (χ0v) is 21.6. The first-order valence-corrected chi connectivity index (χ1v) is 12.5. The number of amides is 1. The number of likely N-dealkylation sites (tertiary alicyclic amines) is 1. The summed E-state index contributed by atoms with van der Waals surface area (Å²) < 4.78 is 13.4. The Balaban J connectivity index is 1.69. The van der Waals surface area contributed by atoms with Gasteiger partial charge in [0.15, 0.2) is 0 Å². The number of nitrogens with zero attached hydrogens (tertiary/aromatic N) is 3. The van der Waals surface area contributed by atoms with Crippen LogP contribution in [0.15, 0.2) is 72.8 Å². The van der Waals surface area contributed by atoms with Gasteiger partial charge in [-0.2, -0.15) is 0 Å². The summed E-state index contributed by atoms with van der Waals surface area (Å²) in [7, 11) is 0. The van der Waals surface area contributed by atoms with Crippen LogP contribution in [0.1, 0.15) is 51.3 Å². The summed E-state index contributed by atoms with van der Waals surface area (Å²) in [5.74, 6) is -0.186. The highest BCUT2D eigenvalue weighted by Crippen LogP contribution is 2.40. The maximum absolute atomic E-state index is 13.3. The number of benzene rings is 2. The topological polar surface area (TPSA) is 93.9 Å². The molecule has 0 aliphatic carbocycles. The Hall–Kier alpha value is -4.07. The zero-order chi connectivity index (χ0) is 26.5. The molecule has 1 saturated heterocycles. The summed E-state index contributed by atoms with van der Waals surface area (Å²) in [6.07, 6.45) is 5.91. The van der Waals surface area contributed by atoms with Crippen LogP contribution in [-0.2, 0) is 16.1 Å². The number of rotatable bonds is 10. The van der Waals surface area contributed by atoms with Crippen LogP contribution in [0.2, 0.25) is 0 Å². The van der Waals surface area contributed by atoms with E-state index >= 15 is 0 Å². The van der Waals surface area contributed by atoms with Crippen LogP contribution in [0.4, 0.5) is 0 Å². The molecule has 2 aromatic carbocycles. The Kier molecular flexibility index (Phi) is 7.96. The number of carbonyl (C=O) groups excluding carboxylic acids is 2. The molecule has 1 N–H and O–H groups in total. The fourth-order valence-corrected chi connectivity index (χ4v) is 4.42. The number of aromatic nitrogens is 2. The van der Waals surface area contributed by atoms with Crippen LogP contribution in [0.25, 0.3) is 5.76 Å². The van der Waals surface area contributed by atoms with Crippen molar-refractivity contribution in [2.24, 2.45) is 0 Å². The van der Waals surface area contributed by atoms with Crippen molar-refractivity contribution in [1.82, 2.24) is 14.5 Å². The Labute approximate surface area is 217 Å². The lowest BCUT2D eigenvalue weighted by Gasteiger charge is -2.25. The summed E-state index contributed by atoms with van der Waals surface area (Å²) in [4.78, 5) is 32.0. The van der Waals surface area contributed by atoms with E-state index in [0.717, 1.165) is 5.56 Å². The Morgan fingerprint density at radius 3 is 2.05 bits per heavy atom. The minimum absolute atomic E-state index is 0.00902. The average Bonchev–Trinajstić information content (AvgIpc) is 3.46. The first-order chi connectivity index (χ1) is 17.7. The molecule has 0 saturated carbocycles. The molecule has 0 bridgehead atoms. The normalized spacial score (nSPS) is 17.1. The lowest BCUT2D eigenvalue weighted by Crippen LogP contribution is -2.31. The molecule has 3 aromatic rings. The van der Waals surface area contributed by atoms with Gasteiger partial charge in [-0.05, 0) is 76.1 Å². The van der Waals surface area contributed by atoms with Crippen LogP contribution in [0.3, 0.4) is 0 Å². The molecule has 1 unspecified atom stereocenters. The minimum atomic E-state index is -0.720. The van der Waals surface area contributed by atoms with Gasteiger partial charge in [0.05, 0.1) is 30.2 Å². The highest BCUT2D eigenvalue weighted by molar-refractivity contribution is 6.46. The molecule has 8 heteroatoms. The number of hydrogen-bond acceptors (Lipinski definition) is 6. The van der Waals surface area contributed by atoms with E-state index in [4.69, 9.17) is 9.47 Å². The Bertz CT molecular complexity index is 1250. The van der Waals surface area contributed by atoms with Gasteiger partial charge in [-0.1, -0.05) is 12.1 Å². The van der Waals surface area contributed by atoms with Gasteiger partial charge < -0.3 is 24.0 Å². The number of hydrogen-bond donors (Lipinski definition) is 1. The third kappa shape index (κ3) is 6.02. The molecule has 2 heterocycles. The number of aliphatic hydroxyl groups excluding tert-OH is 1. The van der Waals surface area contributed by atoms with Gasteiger partial charge in [0.25, 0.3) is 11.7 Å². The molecule has 1 fully saturated rings. The van der Waals surface area contributed by atoms with Gasteiger partial charge in [0.2, 0.25) is 0 Å². The van der Waals surface area contributed by atoms with E-state index in [1.807, 2.05) is 62.7 Å². The quantitative estimate of drug-likeness (QED) is 0.239. The van der Waals surface area contributed by atoms with Gasteiger partial charge in [-0.3, -0.25) is 9.59 Å². The van der Waals surface area contributed by atoms with Crippen molar-refractivity contribution in [3.63, 3.8) is 0 Å². The summed E-state index contributed by atoms with van der Waals surface area (Å²) in [5, 5.41) is 11.3. The number of imidazole rings is 1. The van der Waals surface area contributed by atoms with E-state index in [2.05, 4.69) is 4.98 Å². The number of Topliss-reactive ketones (excluding diaryl/α,β-unsaturated/α-hetero) is 1. The molecule has 0 radical (unpaired) electrons. The van der Waals surface area contributed by atoms with E-state index < -0.39 is 17.7 Å². The Morgan fingerprint density at radius 1 is 0.919 bits per heavy atom. The van der Waals surface area contributed by atoms with Gasteiger partial charge in [-0.15, -0.1) is 0 Å². The molecule has 1 aliphatic rings. The predicted octanol–water partition coefficient (Wildman–Crippen LogP) is 4.97. The molecule has 4 rings (SSSR count). The smallest absolute Gasteiger partial charge is 0.295 e. The molecule has 1 amide bonds. The number of aliphatic hydroxyl groups is 1. The fourth-order valence-electron chi connectivity index (χ4n) is 4.42.